The molecule has 1 aromatic heterocycles. The average Bonchev–Trinajstić information content (AvgIpc) is 3.57. The van der Waals surface area contributed by atoms with E-state index >= 15 is 0 Å². The lowest BCUT2D eigenvalue weighted by molar-refractivity contribution is -0.0243. The first-order valence-corrected chi connectivity index (χ1v) is 17.1. The third kappa shape index (κ3) is 18.6. The van der Waals surface area contributed by atoms with E-state index in [1.807, 2.05) is 12.1 Å². The lowest BCUT2D eigenvalue weighted by Gasteiger charge is -2.14. The fourth-order valence-electron chi connectivity index (χ4n) is 4.72. The smallest absolute Gasteiger partial charge is 0.137 e. The summed E-state index contributed by atoms with van der Waals surface area (Å²) >= 11 is 0. The van der Waals surface area contributed by atoms with Crippen molar-refractivity contribution in [2.24, 2.45) is 0 Å². The van der Waals surface area contributed by atoms with Gasteiger partial charge in [0.05, 0.1) is 119 Å². The number of hydrogen-bond donors (Lipinski definition) is 1. The minimum Gasteiger partial charge on any atom is -0.493 e. The van der Waals surface area contributed by atoms with E-state index in [1.165, 1.54) is 11.1 Å². The topological polar surface area (TPSA) is 129 Å². The summed E-state index contributed by atoms with van der Waals surface area (Å²) in [5.41, 5.74) is 5.44. The molecule has 2 aromatic carbocycles. The number of ether oxygens (including phenoxy) is 9. The van der Waals surface area contributed by atoms with Crippen LogP contribution in [0.25, 0.3) is 11.1 Å². The first-order valence-electron chi connectivity index (χ1n) is 17.1. The maximum atomic E-state index is 8.60. The maximum Gasteiger partial charge on any atom is 0.137 e. The Balaban J connectivity index is 1.06. The van der Waals surface area contributed by atoms with Crippen molar-refractivity contribution < 1.29 is 52.3 Å². The number of hydrogen-bond acceptors (Lipinski definition) is 12. The molecule has 0 saturated heterocycles. The fraction of sp³-hybridized carbons (Fsp3) is 0.595. The standard InChI is InChI=1S/C37H55NO11/c1-31-27-34(33-7-4-3-5-8-33)28-32(2)37(31)48-11-6-9-36-29-35(38-49-36)30-47-26-25-46-24-23-45-22-21-44-20-19-43-18-17-42-16-15-41-14-13-40-12-10-39/h3-5,7-8,27-29,39H,6,9-26,30H2,1-2H3. The van der Waals surface area contributed by atoms with Crippen LogP contribution in [-0.2, 0) is 50.9 Å². The molecule has 0 bridgehead atoms. The number of rotatable bonds is 31. The van der Waals surface area contributed by atoms with E-state index in [2.05, 4.69) is 55.4 Å². The van der Waals surface area contributed by atoms with Gasteiger partial charge >= 0.3 is 0 Å². The monoisotopic (exact) mass is 689 g/mol. The summed E-state index contributed by atoms with van der Waals surface area (Å²) in [6.07, 6.45) is 1.57. The van der Waals surface area contributed by atoms with Crippen LogP contribution in [0.5, 0.6) is 5.75 Å². The molecule has 0 aliphatic rings. The highest BCUT2D eigenvalue weighted by Crippen LogP contribution is 2.30. The zero-order valence-corrected chi connectivity index (χ0v) is 29.2. The predicted octanol–water partition coefficient (Wildman–Crippen LogP) is 4.60. The van der Waals surface area contributed by atoms with Gasteiger partial charge in [-0.25, -0.2) is 0 Å². The van der Waals surface area contributed by atoms with Gasteiger partial charge in [0.2, 0.25) is 0 Å². The minimum absolute atomic E-state index is 0.0239. The molecular weight excluding hydrogens is 634 g/mol. The molecule has 49 heavy (non-hydrogen) atoms. The molecule has 3 rings (SSSR count). The lowest BCUT2D eigenvalue weighted by Crippen LogP contribution is -2.15. The van der Waals surface area contributed by atoms with Gasteiger partial charge in [0, 0.05) is 12.5 Å². The summed E-state index contributed by atoms with van der Waals surface area (Å²) in [7, 11) is 0. The molecule has 1 heterocycles. The van der Waals surface area contributed by atoms with Gasteiger partial charge in [0.15, 0.2) is 0 Å². The molecule has 0 aliphatic carbocycles. The molecule has 0 saturated carbocycles. The first kappa shape index (κ1) is 40.5. The average molecular weight is 690 g/mol. The Bertz CT molecular complexity index is 1200. The highest BCUT2D eigenvalue weighted by atomic mass is 16.6. The molecule has 12 heteroatoms. The second kappa shape index (κ2) is 26.9. The quantitative estimate of drug-likeness (QED) is 0.0949. The fourth-order valence-corrected chi connectivity index (χ4v) is 4.72. The van der Waals surface area contributed by atoms with Gasteiger partial charge in [-0.3, -0.25) is 0 Å². The van der Waals surface area contributed by atoms with Gasteiger partial charge in [0.25, 0.3) is 0 Å². The van der Waals surface area contributed by atoms with E-state index in [4.69, 9.17) is 52.3 Å². The molecule has 0 unspecified atom stereocenters. The number of aliphatic hydroxyl groups excluding tert-OH is 1. The summed E-state index contributed by atoms with van der Waals surface area (Å²) in [5, 5.41) is 12.7. The van der Waals surface area contributed by atoms with Gasteiger partial charge in [0.1, 0.15) is 17.2 Å². The molecular formula is C37H55NO11. The summed E-state index contributed by atoms with van der Waals surface area (Å²) in [6.45, 7) is 12.4. The van der Waals surface area contributed by atoms with Crippen molar-refractivity contribution in [2.75, 3.05) is 112 Å². The van der Waals surface area contributed by atoms with Crippen molar-refractivity contribution in [2.45, 2.75) is 33.3 Å². The number of nitrogens with zero attached hydrogens (tertiary/aromatic N) is 1. The van der Waals surface area contributed by atoms with Gasteiger partial charge in [-0.1, -0.05) is 35.5 Å². The maximum absolute atomic E-state index is 8.60. The summed E-state index contributed by atoms with van der Waals surface area (Å²) < 4.78 is 55.1. The Morgan fingerprint density at radius 1 is 0.551 bits per heavy atom. The van der Waals surface area contributed by atoms with Crippen molar-refractivity contribution in [3.63, 3.8) is 0 Å². The SMILES string of the molecule is Cc1cc(-c2ccccc2)cc(C)c1OCCCc1cc(COCCOCCOCCOCCOCCOCCOCCOCCO)no1. The predicted molar refractivity (Wildman–Crippen MR) is 184 cm³/mol. The second-order valence-electron chi connectivity index (χ2n) is 11.1. The van der Waals surface area contributed by atoms with Crippen LogP contribution in [0.1, 0.15) is 29.0 Å². The molecule has 0 atom stereocenters. The van der Waals surface area contributed by atoms with Crippen LogP contribution < -0.4 is 4.74 Å². The molecule has 0 radical (unpaired) electrons. The van der Waals surface area contributed by atoms with Gasteiger partial charge < -0.3 is 52.3 Å². The van der Waals surface area contributed by atoms with Crippen LogP contribution in [0.3, 0.4) is 0 Å². The van der Waals surface area contributed by atoms with Crippen LogP contribution in [0, 0.1) is 13.8 Å². The van der Waals surface area contributed by atoms with Crippen molar-refractivity contribution >= 4 is 0 Å². The Kier molecular flexibility index (Phi) is 22.2. The molecule has 1 N–H and O–H groups in total. The number of aryl methyl sites for hydroxylation is 3. The molecule has 274 valence electrons. The summed E-state index contributed by atoms with van der Waals surface area (Å²) in [6, 6.07) is 16.7. The molecule has 0 fully saturated rings. The Labute approximate surface area is 290 Å². The van der Waals surface area contributed by atoms with E-state index in [0.717, 1.165) is 41.2 Å². The van der Waals surface area contributed by atoms with E-state index in [-0.39, 0.29) is 6.61 Å². The van der Waals surface area contributed by atoms with E-state index in [1.54, 1.807) is 0 Å². The van der Waals surface area contributed by atoms with Gasteiger partial charge in [-0.2, -0.15) is 0 Å². The van der Waals surface area contributed by atoms with Crippen molar-refractivity contribution in [3.05, 3.63) is 71.1 Å². The number of aromatic nitrogens is 1. The normalized spacial score (nSPS) is 11.4. The highest BCUT2D eigenvalue weighted by molar-refractivity contribution is 5.67. The second-order valence-corrected chi connectivity index (χ2v) is 11.1. The van der Waals surface area contributed by atoms with Crippen LogP contribution in [0.15, 0.2) is 53.1 Å². The Morgan fingerprint density at radius 2 is 1.02 bits per heavy atom. The molecule has 0 aliphatic heterocycles. The zero-order valence-electron chi connectivity index (χ0n) is 29.2. The lowest BCUT2D eigenvalue weighted by atomic mass is 10.00. The van der Waals surface area contributed by atoms with Crippen LogP contribution >= 0.6 is 0 Å². The first-order chi connectivity index (χ1) is 24.2. The Hall–Kier alpha value is -2.91. The molecule has 3 aromatic rings. The molecule has 12 nitrogen and oxygen atoms in total. The Morgan fingerprint density at radius 3 is 1.51 bits per heavy atom. The van der Waals surface area contributed by atoms with Crippen molar-refractivity contribution in [1.82, 2.24) is 5.16 Å². The zero-order chi connectivity index (χ0) is 34.6. The van der Waals surface area contributed by atoms with Gasteiger partial charge in [-0.05, 0) is 54.7 Å². The van der Waals surface area contributed by atoms with Crippen LogP contribution in [-0.4, -0.2) is 123 Å². The van der Waals surface area contributed by atoms with E-state index in [9.17, 15) is 0 Å². The number of benzene rings is 2. The van der Waals surface area contributed by atoms with Crippen molar-refractivity contribution in [3.8, 4) is 16.9 Å². The molecule has 0 amide bonds. The third-order valence-corrected chi connectivity index (χ3v) is 7.08. The molecule has 0 spiro atoms. The largest absolute Gasteiger partial charge is 0.493 e. The van der Waals surface area contributed by atoms with Crippen molar-refractivity contribution in [1.29, 1.82) is 0 Å². The van der Waals surface area contributed by atoms with Gasteiger partial charge in [-0.15, -0.1) is 0 Å². The van der Waals surface area contributed by atoms with Crippen LogP contribution in [0.2, 0.25) is 0 Å². The van der Waals surface area contributed by atoms with E-state index < -0.39 is 0 Å². The number of aliphatic hydroxyl groups is 1. The van der Waals surface area contributed by atoms with Crippen LogP contribution in [0.4, 0.5) is 0 Å². The third-order valence-electron chi connectivity index (χ3n) is 7.08. The summed E-state index contributed by atoms with van der Waals surface area (Å²) in [5.74, 6) is 1.77. The highest BCUT2D eigenvalue weighted by Gasteiger charge is 2.09. The minimum atomic E-state index is 0.0239. The van der Waals surface area contributed by atoms with E-state index in [0.29, 0.717) is 112 Å². The summed E-state index contributed by atoms with van der Waals surface area (Å²) in [4.78, 5) is 0.